The van der Waals surface area contributed by atoms with Gasteiger partial charge in [0.25, 0.3) is 0 Å². The first-order chi connectivity index (χ1) is 14.8. The number of hydrogen-bond acceptors (Lipinski definition) is 4. The molecule has 0 saturated carbocycles. The summed E-state index contributed by atoms with van der Waals surface area (Å²) in [5.74, 6) is 0. The van der Waals surface area contributed by atoms with Gasteiger partial charge in [0.05, 0.1) is 0 Å². The molecule has 31 heavy (non-hydrogen) atoms. The summed E-state index contributed by atoms with van der Waals surface area (Å²) < 4.78 is 0. The van der Waals surface area contributed by atoms with E-state index in [1.165, 1.54) is 0 Å². The molecule has 0 aromatic heterocycles. The first kappa shape index (κ1) is 22.7. The van der Waals surface area contributed by atoms with Gasteiger partial charge in [-0.3, -0.25) is 0 Å². The Morgan fingerprint density at radius 2 is 1.29 bits per heavy atom. The lowest BCUT2D eigenvalue weighted by Gasteiger charge is -2.21. The maximum absolute atomic E-state index is 9.88. The second-order valence-electron chi connectivity index (χ2n) is 8.10. The molecule has 0 radical (unpaired) electrons. The van der Waals surface area contributed by atoms with Gasteiger partial charge in [0, 0.05) is 39.6 Å². The van der Waals surface area contributed by atoms with Crippen molar-refractivity contribution in [3.63, 3.8) is 0 Å². The van der Waals surface area contributed by atoms with Crippen LogP contribution in [0.4, 0.5) is 11.4 Å². The summed E-state index contributed by atoms with van der Waals surface area (Å²) in [6.45, 7) is 2.14. The van der Waals surface area contributed by atoms with Gasteiger partial charge in [-0.1, -0.05) is 55.5 Å². The van der Waals surface area contributed by atoms with Crippen LogP contribution in [-0.4, -0.2) is 45.4 Å². The number of rotatable bonds is 7. The van der Waals surface area contributed by atoms with E-state index < -0.39 is 7.12 Å². The van der Waals surface area contributed by atoms with Crippen molar-refractivity contribution in [2.24, 2.45) is 0 Å². The fraction of sp³-hybridized carbons (Fsp3) is 0.231. The van der Waals surface area contributed by atoms with Crippen molar-refractivity contribution in [3.05, 3.63) is 89.5 Å². The van der Waals surface area contributed by atoms with E-state index in [0.717, 1.165) is 45.6 Å². The lowest BCUT2D eigenvalue weighted by atomic mass is 9.77. The predicted molar refractivity (Wildman–Crippen MR) is 134 cm³/mol. The molecule has 0 atom stereocenters. The van der Waals surface area contributed by atoms with E-state index in [1.807, 2.05) is 51.3 Å². The van der Waals surface area contributed by atoms with Crippen molar-refractivity contribution in [1.29, 1.82) is 0 Å². The van der Waals surface area contributed by atoms with Gasteiger partial charge in [-0.15, -0.1) is 0 Å². The van der Waals surface area contributed by atoms with Crippen LogP contribution in [0.15, 0.2) is 72.8 Å². The van der Waals surface area contributed by atoms with Crippen molar-refractivity contribution >= 4 is 35.1 Å². The molecule has 5 heteroatoms. The van der Waals surface area contributed by atoms with E-state index in [0.29, 0.717) is 5.46 Å². The smallest absolute Gasteiger partial charge is 0.423 e. The number of anilines is 2. The molecule has 0 saturated heterocycles. The summed E-state index contributed by atoms with van der Waals surface area (Å²) in [6, 6.07) is 24.8. The molecule has 0 fully saturated rings. The van der Waals surface area contributed by atoms with Crippen molar-refractivity contribution in [3.8, 4) is 0 Å². The minimum absolute atomic E-state index is 0.488. The minimum Gasteiger partial charge on any atom is -0.423 e. The number of benzene rings is 3. The largest absolute Gasteiger partial charge is 0.488 e. The Balaban J connectivity index is 2.30. The van der Waals surface area contributed by atoms with Crippen molar-refractivity contribution < 1.29 is 10.0 Å². The van der Waals surface area contributed by atoms with Gasteiger partial charge in [-0.25, -0.2) is 0 Å². The molecule has 3 rings (SSSR count). The Bertz CT molecular complexity index is 1020. The van der Waals surface area contributed by atoms with E-state index in [4.69, 9.17) is 0 Å². The highest BCUT2D eigenvalue weighted by Crippen LogP contribution is 2.35. The molecule has 0 aliphatic carbocycles. The predicted octanol–water partition coefficient (Wildman–Crippen LogP) is 3.87. The first-order valence-electron chi connectivity index (χ1n) is 10.6. The molecule has 2 N–H and O–H groups in total. The Morgan fingerprint density at radius 3 is 1.81 bits per heavy atom. The van der Waals surface area contributed by atoms with Gasteiger partial charge in [0.15, 0.2) is 0 Å². The monoisotopic (exact) mass is 414 g/mol. The minimum atomic E-state index is -1.52. The second kappa shape index (κ2) is 9.86. The topological polar surface area (TPSA) is 46.9 Å². The SMILES string of the molecule is CC/C(=C(/c1ccccc1)c1ccc(N(C)C)cc1)c1cc(B(O)O)cc(N(C)C)c1. The van der Waals surface area contributed by atoms with Gasteiger partial charge < -0.3 is 19.8 Å². The van der Waals surface area contributed by atoms with Crippen LogP contribution in [0, 0.1) is 0 Å². The summed E-state index contributed by atoms with van der Waals surface area (Å²) in [4.78, 5) is 4.07. The van der Waals surface area contributed by atoms with Gasteiger partial charge in [-0.05, 0) is 64.0 Å². The summed E-state index contributed by atoms with van der Waals surface area (Å²) in [5, 5.41) is 19.8. The molecule has 0 bridgehead atoms. The lowest BCUT2D eigenvalue weighted by Crippen LogP contribution is -2.31. The summed E-state index contributed by atoms with van der Waals surface area (Å²) in [5.41, 5.74) is 8.15. The van der Waals surface area contributed by atoms with Crippen LogP contribution in [0.25, 0.3) is 11.1 Å². The molecule has 0 heterocycles. The zero-order valence-corrected chi connectivity index (χ0v) is 19.0. The molecule has 0 amide bonds. The molecule has 4 nitrogen and oxygen atoms in total. The quantitative estimate of drug-likeness (QED) is 0.455. The highest BCUT2D eigenvalue weighted by Gasteiger charge is 2.18. The van der Waals surface area contributed by atoms with E-state index in [2.05, 4.69) is 66.4 Å². The molecule has 3 aromatic carbocycles. The van der Waals surface area contributed by atoms with E-state index in [9.17, 15) is 10.0 Å². The van der Waals surface area contributed by atoms with Crippen LogP contribution < -0.4 is 15.3 Å². The molecule has 3 aromatic rings. The Hall–Kier alpha value is -3.02. The standard InChI is InChI=1S/C26H31BN2O2/c1-6-25(21-16-22(27(30)31)18-24(17-21)29(4)5)26(19-10-8-7-9-11-19)20-12-14-23(15-13-20)28(2)3/h7-18,30-31H,6H2,1-5H3/b26-25+. The van der Waals surface area contributed by atoms with Crippen molar-refractivity contribution in [2.45, 2.75) is 13.3 Å². The summed E-state index contributed by atoms with van der Waals surface area (Å²) in [6.07, 6.45) is 0.803. The van der Waals surface area contributed by atoms with Gasteiger partial charge in [0.1, 0.15) is 0 Å². The maximum atomic E-state index is 9.88. The summed E-state index contributed by atoms with van der Waals surface area (Å²) >= 11 is 0. The first-order valence-corrected chi connectivity index (χ1v) is 10.6. The normalized spacial score (nSPS) is 11.7. The zero-order chi connectivity index (χ0) is 22.5. The number of allylic oxidation sites excluding steroid dienone is 1. The maximum Gasteiger partial charge on any atom is 0.488 e. The third kappa shape index (κ3) is 5.19. The van der Waals surface area contributed by atoms with Gasteiger partial charge in [0.2, 0.25) is 0 Å². The molecular weight excluding hydrogens is 383 g/mol. The highest BCUT2D eigenvalue weighted by atomic mass is 16.4. The second-order valence-corrected chi connectivity index (χ2v) is 8.10. The number of hydrogen-bond donors (Lipinski definition) is 2. The average molecular weight is 414 g/mol. The Kier molecular flexibility index (Phi) is 7.21. The molecular formula is C26H31BN2O2. The van der Waals surface area contributed by atoms with Crippen LogP contribution in [-0.2, 0) is 0 Å². The Morgan fingerprint density at radius 1 is 0.710 bits per heavy atom. The third-order valence-electron chi connectivity index (χ3n) is 5.49. The summed E-state index contributed by atoms with van der Waals surface area (Å²) in [7, 11) is 6.47. The fourth-order valence-corrected chi connectivity index (χ4v) is 3.79. The van der Waals surface area contributed by atoms with Crippen LogP contribution >= 0.6 is 0 Å². The van der Waals surface area contributed by atoms with E-state index in [-0.39, 0.29) is 0 Å². The Labute approximate surface area is 186 Å². The van der Waals surface area contributed by atoms with Gasteiger partial charge >= 0.3 is 7.12 Å². The zero-order valence-electron chi connectivity index (χ0n) is 19.0. The highest BCUT2D eigenvalue weighted by molar-refractivity contribution is 6.58. The lowest BCUT2D eigenvalue weighted by molar-refractivity contribution is 0.426. The van der Waals surface area contributed by atoms with Crippen LogP contribution in [0.3, 0.4) is 0 Å². The van der Waals surface area contributed by atoms with E-state index >= 15 is 0 Å². The van der Waals surface area contributed by atoms with E-state index in [1.54, 1.807) is 0 Å². The van der Waals surface area contributed by atoms with Crippen molar-refractivity contribution in [1.82, 2.24) is 0 Å². The molecule has 160 valence electrons. The average Bonchev–Trinajstić information content (AvgIpc) is 2.77. The fourth-order valence-electron chi connectivity index (χ4n) is 3.79. The van der Waals surface area contributed by atoms with Crippen LogP contribution in [0.2, 0.25) is 0 Å². The molecule has 0 spiro atoms. The number of nitrogens with zero attached hydrogens (tertiary/aromatic N) is 2. The van der Waals surface area contributed by atoms with Gasteiger partial charge in [-0.2, -0.15) is 0 Å². The molecule has 0 aliphatic heterocycles. The van der Waals surface area contributed by atoms with Crippen molar-refractivity contribution in [2.75, 3.05) is 38.0 Å². The molecule has 0 unspecified atom stereocenters. The van der Waals surface area contributed by atoms with Crippen LogP contribution in [0.1, 0.15) is 30.0 Å². The van der Waals surface area contributed by atoms with Crippen LogP contribution in [0.5, 0.6) is 0 Å². The third-order valence-corrected chi connectivity index (χ3v) is 5.49. The molecule has 0 aliphatic rings.